The summed E-state index contributed by atoms with van der Waals surface area (Å²) in [6.07, 6.45) is 10.3. The van der Waals surface area contributed by atoms with Gasteiger partial charge in [-0.1, -0.05) is 6.08 Å². The molecule has 4 aromatic heterocycles. The number of pyridine rings is 3. The number of methoxy groups -OCH3 is 1. The fourth-order valence-corrected chi connectivity index (χ4v) is 3.87. The maximum Gasteiger partial charge on any atom is 0.248 e. The molecule has 0 aromatic carbocycles. The lowest BCUT2D eigenvalue weighted by molar-refractivity contribution is -0.112. The number of nitrogens with one attached hydrogen (secondary N) is 2. The van der Waals surface area contributed by atoms with E-state index >= 15 is 0 Å². The molecule has 0 spiro atoms. The van der Waals surface area contributed by atoms with Crippen LogP contribution in [0.5, 0.6) is 11.8 Å². The van der Waals surface area contributed by atoms with Gasteiger partial charge in [-0.15, -0.1) is 0 Å². The molecule has 1 aliphatic rings. The van der Waals surface area contributed by atoms with Gasteiger partial charge in [-0.05, 0) is 37.9 Å². The fraction of sp³-hybridized carbons (Fsp3) is 0.259. The zero-order chi connectivity index (χ0) is 25.8. The summed E-state index contributed by atoms with van der Waals surface area (Å²) in [5.41, 5.74) is 4.81. The van der Waals surface area contributed by atoms with Gasteiger partial charge in [-0.2, -0.15) is 0 Å². The highest BCUT2D eigenvalue weighted by atomic mass is 16.6. The highest BCUT2D eigenvalue weighted by molar-refractivity contribution is 6.01. The number of H-pyrrole nitrogens is 1. The molecule has 0 atom stereocenters. The number of fused-ring (bicyclic) bond motifs is 1. The molecule has 0 bridgehead atoms. The Bertz CT molecular complexity index is 1440. The summed E-state index contributed by atoms with van der Waals surface area (Å²) in [6, 6.07) is 7.70. The van der Waals surface area contributed by atoms with E-state index in [4.69, 9.17) is 14.2 Å². The van der Waals surface area contributed by atoms with E-state index in [-0.39, 0.29) is 12.0 Å². The molecule has 1 fully saturated rings. The van der Waals surface area contributed by atoms with E-state index in [9.17, 15) is 4.79 Å². The normalized spacial score (nSPS) is 13.7. The van der Waals surface area contributed by atoms with Gasteiger partial charge in [0.2, 0.25) is 17.7 Å². The van der Waals surface area contributed by atoms with Crippen molar-refractivity contribution in [2.45, 2.75) is 6.10 Å². The Morgan fingerprint density at radius 2 is 1.97 bits per heavy atom. The first kappa shape index (κ1) is 24.4. The highest BCUT2D eigenvalue weighted by Crippen LogP contribution is 2.34. The molecule has 37 heavy (non-hydrogen) atoms. The van der Waals surface area contributed by atoms with Gasteiger partial charge in [-0.3, -0.25) is 4.79 Å². The van der Waals surface area contributed by atoms with Crippen molar-refractivity contribution < 1.29 is 19.0 Å². The first-order chi connectivity index (χ1) is 18.0. The SMILES string of the molecule is COc1cc(-c2c[nH]c3ncc(-c4cnc(OC5COC5)c(NC(=O)/C=C/CN(C)C)c4)cc23)ccn1. The number of aromatic nitrogens is 4. The zero-order valence-electron chi connectivity index (χ0n) is 20.9. The van der Waals surface area contributed by atoms with Crippen LogP contribution in [0.1, 0.15) is 0 Å². The maximum atomic E-state index is 12.6. The van der Waals surface area contributed by atoms with Crippen LogP contribution in [0.3, 0.4) is 0 Å². The van der Waals surface area contributed by atoms with Crippen LogP contribution in [0, 0.1) is 0 Å². The number of hydrogen-bond acceptors (Lipinski definition) is 8. The average Bonchev–Trinajstić information content (AvgIpc) is 3.30. The van der Waals surface area contributed by atoms with Crippen molar-refractivity contribution in [2.75, 3.05) is 46.3 Å². The minimum Gasteiger partial charge on any atom is -0.481 e. The van der Waals surface area contributed by atoms with Gasteiger partial charge in [0.15, 0.2) is 0 Å². The maximum absolute atomic E-state index is 12.6. The van der Waals surface area contributed by atoms with Crippen molar-refractivity contribution in [3.05, 3.63) is 61.2 Å². The lowest BCUT2D eigenvalue weighted by atomic mass is 10.0. The van der Waals surface area contributed by atoms with Crippen LogP contribution in [-0.2, 0) is 9.53 Å². The summed E-state index contributed by atoms with van der Waals surface area (Å²) >= 11 is 0. The average molecular weight is 501 g/mol. The van der Waals surface area contributed by atoms with Gasteiger partial charge in [-0.25, -0.2) is 15.0 Å². The number of ether oxygens (including phenoxy) is 3. The third-order valence-electron chi connectivity index (χ3n) is 5.85. The molecule has 10 nitrogen and oxygen atoms in total. The van der Waals surface area contributed by atoms with E-state index in [2.05, 4.69) is 25.3 Å². The van der Waals surface area contributed by atoms with Gasteiger partial charge in [0.25, 0.3) is 0 Å². The van der Waals surface area contributed by atoms with E-state index < -0.39 is 0 Å². The number of hydrogen-bond donors (Lipinski definition) is 2. The monoisotopic (exact) mass is 500 g/mol. The quantitative estimate of drug-likeness (QED) is 0.336. The van der Waals surface area contributed by atoms with E-state index in [1.807, 2.05) is 49.5 Å². The van der Waals surface area contributed by atoms with Crippen LogP contribution in [0.4, 0.5) is 5.69 Å². The van der Waals surface area contributed by atoms with Crippen LogP contribution < -0.4 is 14.8 Å². The Hall–Kier alpha value is -4.28. The zero-order valence-corrected chi connectivity index (χ0v) is 20.9. The molecule has 0 saturated carbocycles. The molecule has 5 heterocycles. The molecule has 5 rings (SSSR count). The third-order valence-corrected chi connectivity index (χ3v) is 5.85. The summed E-state index contributed by atoms with van der Waals surface area (Å²) in [7, 11) is 5.47. The van der Waals surface area contributed by atoms with Crippen molar-refractivity contribution in [3.63, 3.8) is 0 Å². The summed E-state index contributed by atoms with van der Waals surface area (Å²) in [5, 5.41) is 3.85. The molecule has 1 aliphatic heterocycles. The first-order valence-corrected chi connectivity index (χ1v) is 11.8. The largest absolute Gasteiger partial charge is 0.481 e. The van der Waals surface area contributed by atoms with Crippen molar-refractivity contribution in [2.24, 2.45) is 0 Å². The lowest BCUT2D eigenvalue weighted by Gasteiger charge is -2.27. The Labute approximate surface area is 214 Å². The number of nitrogens with zero attached hydrogens (tertiary/aromatic N) is 4. The number of amides is 1. The summed E-state index contributed by atoms with van der Waals surface area (Å²) in [4.78, 5) is 31.1. The summed E-state index contributed by atoms with van der Waals surface area (Å²) in [5.74, 6) is 0.628. The van der Waals surface area contributed by atoms with E-state index in [0.29, 0.717) is 37.2 Å². The van der Waals surface area contributed by atoms with Crippen LogP contribution in [0.2, 0.25) is 0 Å². The molecular formula is C27H28N6O4. The molecular weight excluding hydrogens is 472 g/mol. The summed E-state index contributed by atoms with van der Waals surface area (Å²) in [6.45, 7) is 1.65. The number of carbonyl (C=O) groups is 1. The lowest BCUT2D eigenvalue weighted by Crippen LogP contribution is -2.39. The molecule has 1 amide bonds. The van der Waals surface area contributed by atoms with Gasteiger partial charge < -0.3 is 29.4 Å². The first-order valence-electron chi connectivity index (χ1n) is 11.8. The van der Waals surface area contributed by atoms with Crippen molar-refractivity contribution in [1.82, 2.24) is 24.8 Å². The number of carbonyl (C=O) groups excluding carboxylic acids is 1. The van der Waals surface area contributed by atoms with Crippen molar-refractivity contribution in [1.29, 1.82) is 0 Å². The minimum atomic E-state index is -0.261. The third kappa shape index (κ3) is 5.60. The van der Waals surface area contributed by atoms with Crippen molar-refractivity contribution in [3.8, 4) is 34.0 Å². The van der Waals surface area contributed by atoms with E-state index in [0.717, 1.165) is 33.3 Å². The van der Waals surface area contributed by atoms with Crippen molar-refractivity contribution >= 4 is 22.6 Å². The smallest absolute Gasteiger partial charge is 0.248 e. The highest BCUT2D eigenvalue weighted by Gasteiger charge is 2.23. The predicted octanol–water partition coefficient (Wildman–Crippen LogP) is 3.53. The Morgan fingerprint density at radius 1 is 1.16 bits per heavy atom. The van der Waals surface area contributed by atoms with Crippen LogP contribution >= 0.6 is 0 Å². The number of aromatic amines is 1. The Balaban J connectivity index is 1.48. The minimum absolute atomic E-state index is 0.0870. The van der Waals surface area contributed by atoms with Crippen LogP contribution in [-0.4, -0.2) is 77.8 Å². The number of likely N-dealkylation sites (N-methyl/N-ethyl adjacent to an activating group) is 1. The molecule has 0 aliphatic carbocycles. The topological polar surface area (TPSA) is 114 Å². The summed E-state index contributed by atoms with van der Waals surface area (Å²) < 4.78 is 16.4. The van der Waals surface area contributed by atoms with E-state index in [1.54, 1.807) is 31.8 Å². The van der Waals surface area contributed by atoms with Gasteiger partial charge in [0.05, 0.1) is 20.3 Å². The number of anilines is 1. The standard InChI is InChI=1S/C27H28N6O4/c1-33(2)8-4-5-24(34)32-23-10-19(13-31-27(23)37-20-15-36-16-20)18-9-21-22(14-30-26(21)29-12-18)17-6-7-28-25(11-17)35-3/h4-7,9-14,20H,8,15-16H2,1-3H3,(H,29,30)(H,32,34)/b5-4+. The second-order valence-electron chi connectivity index (χ2n) is 8.92. The fourth-order valence-electron chi connectivity index (χ4n) is 3.87. The second-order valence-corrected chi connectivity index (χ2v) is 8.92. The van der Waals surface area contributed by atoms with Crippen LogP contribution in [0.15, 0.2) is 61.2 Å². The molecule has 1 saturated heterocycles. The Kier molecular flexibility index (Phi) is 7.11. The van der Waals surface area contributed by atoms with Crippen LogP contribution in [0.25, 0.3) is 33.3 Å². The van der Waals surface area contributed by atoms with Gasteiger partial charge in [0, 0.05) is 65.6 Å². The molecule has 190 valence electrons. The molecule has 4 aromatic rings. The Morgan fingerprint density at radius 3 is 2.73 bits per heavy atom. The van der Waals surface area contributed by atoms with Gasteiger partial charge >= 0.3 is 0 Å². The van der Waals surface area contributed by atoms with E-state index in [1.165, 1.54) is 6.08 Å². The predicted molar refractivity (Wildman–Crippen MR) is 141 cm³/mol. The molecule has 10 heteroatoms. The molecule has 0 radical (unpaired) electrons. The second kappa shape index (κ2) is 10.8. The van der Waals surface area contributed by atoms with Gasteiger partial charge in [0.1, 0.15) is 17.4 Å². The number of rotatable bonds is 9. The molecule has 0 unspecified atom stereocenters. The molecule has 2 N–H and O–H groups in total.